The number of fused-ring (bicyclic) bond motifs is 1. The van der Waals surface area contributed by atoms with Gasteiger partial charge in [0.2, 0.25) is 0 Å². The summed E-state index contributed by atoms with van der Waals surface area (Å²) < 4.78 is 15.7. The average Bonchev–Trinajstić information content (AvgIpc) is 2.74. The van der Waals surface area contributed by atoms with Gasteiger partial charge in [-0.15, -0.1) is 0 Å². The Kier molecular flexibility index (Phi) is 5.17. The predicted molar refractivity (Wildman–Crippen MR) is 78.6 cm³/mol. The Bertz CT molecular complexity index is 461. The Morgan fingerprint density at radius 2 is 1.87 bits per heavy atom. The van der Waals surface area contributed by atoms with Gasteiger partial charge < -0.3 is 24.4 Å². The molecule has 2 rings (SSSR count). The molecule has 2 aliphatic heterocycles. The standard InChI is InChI=1S/C15H25NO7/c1-15(2,3)23-14(20)16-6-8-5-9(17)10(18)7-22-12(8)11(16)13(19)21-4/h8-12,17-18H,5-7H2,1-4H3/t8-,9+,10-,11?,12+/m0/s1. The fourth-order valence-electron chi connectivity index (χ4n) is 3.02. The molecule has 8 nitrogen and oxygen atoms in total. The third-order valence-corrected chi connectivity index (χ3v) is 4.06. The number of aliphatic hydroxyl groups is 2. The van der Waals surface area contributed by atoms with Gasteiger partial charge in [0, 0.05) is 12.5 Å². The largest absolute Gasteiger partial charge is 0.467 e. The first-order valence-electron chi connectivity index (χ1n) is 7.69. The SMILES string of the molecule is COC(=O)C1[C@@H]2OC[C@H](O)[C@H](O)C[C@H]2CN1C(=O)OC(C)(C)C. The zero-order valence-corrected chi connectivity index (χ0v) is 13.9. The van der Waals surface area contributed by atoms with Crippen molar-refractivity contribution in [2.45, 2.75) is 57.1 Å². The van der Waals surface area contributed by atoms with Crippen LogP contribution < -0.4 is 0 Å². The van der Waals surface area contributed by atoms with Crippen LogP contribution in [-0.2, 0) is 19.0 Å². The van der Waals surface area contributed by atoms with Gasteiger partial charge in [-0.05, 0) is 27.2 Å². The monoisotopic (exact) mass is 331 g/mol. The fraction of sp³-hybridized carbons (Fsp3) is 0.867. The lowest BCUT2D eigenvalue weighted by atomic mass is 9.95. The molecule has 2 saturated heterocycles. The normalized spacial score (nSPS) is 34.5. The molecule has 1 unspecified atom stereocenters. The fourth-order valence-corrected chi connectivity index (χ4v) is 3.02. The van der Waals surface area contributed by atoms with Crippen LogP contribution in [0.15, 0.2) is 0 Å². The molecule has 1 amide bonds. The van der Waals surface area contributed by atoms with E-state index in [1.54, 1.807) is 20.8 Å². The molecule has 2 N–H and O–H groups in total. The highest BCUT2D eigenvalue weighted by atomic mass is 16.6. The molecule has 0 radical (unpaired) electrons. The van der Waals surface area contributed by atoms with Crippen molar-refractivity contribution < 1.29 is 34.0 Å². The quantitative estimate of drug-likeness (QED) is 0.647. The molecule has 0 aromatic heterocycles. The molecule has 0 saturated carbocycles. The summed E-state index contributed by atoms with van der Waals surface area (Å²) >= 11 is 0. The zero-order valence-electron chi connectivity index (χ0n) is 13.9. The van der Waals surface area contributed by atoms with E-state index in [-0.39, 0.29) is 25.5 Å². The van der Waals surface area contributed by atoms with Crippen molar-refractivity contribution in [3.63, 3.8) is 0 Å². The van der Waals surface area contributed by atoms with Crippen molar-refractivity contribution in [3.05, 3.63) is 0 Å². The van der Waals surface area contributed by atoms with Crippen molar-refractivity contribution in [3.8, 4) is 0 Å². The van der Waals surface area contributed by atoms with E-state index in [4.69, 9.17) is 14.2 Å². The number of rotatable bonds is 1. The van der Waals surface area contributed by atoms with E-state index in [9.17, 15) is 19.8 Å². The number of ether oxygens (including phenoxy) is 3. The summed E-state index contributed by atoms with van der Waals surface area (Å²) in [5.41, 5.74) is -0.695. The molecule has 0 spiro atoms. The first-order chi connectivity index (χ1) is 10.6. The highest BCUT2D eigenvalue weighted by molar-refractivity contribution is 5.83. The molecule has 5 atom stereocenters. The van der Waals surface area contributed by atoms with Crippen LogP contribution in [0.4, 0.5) is 4.79 Å². The number of methoxy groups -OCH3 is 1. The molecule has 0 aromatic carbocycles. The maximum atomic E-state index is 12.4. The molecule has 8 heteroatoms. The number of carbonyl (C=O) groups excluding carboxylic acids is 2. The molecule has 2 fully saturated rings. The van der Waals surface area contributed by atoms with Crippen LogP contribution in [0, 0.1) is 5.92 Å². The first kappa shape index (κ1) is 18.0. The molecule has 2 aliphatic rings. The van der Waals surface area contributed by atoms with E-state index in [1.165, 1.54) is 12.0 Å². The highest BCUT2D eigenvalue weighted by Crippen LogP contribution is 2.34. The Morgan fingerprint density at radius 3 is 2.43 bits per heavy atom. The topological polar surface area (TPSA) is 106 Å². The summed E-state index contributed by atoms with van der Waals surface area (Å²) in [7, 11) is 1.24. The lowest BCUT2D eigenvalue weighted by Gasteiger charge is -2.29. The Labute approximate surface area is 135 Å². The Hall–Kier alpha value is -1.38. The minimum Gasteiger partial charge on any atom is -0.467 e. The van der Waals surface area contributed by atoms with Gasteiger partial charge >= 0.3 is 12.1 Å². The van der Waals surface area contributed by atoms with Gasteiger partial charge in [-0.1, -0.05) is 0 Å². The molecule has 0 aromatic rings. The molecule has 132 valence electrons. The number of nitrogens with zero attached hydrogens (tertiary/aromatic N) is 1. The lowest BCUT2D eigenvalue weighted by molar-refractivity contribution is -0.151. The highest BCUT2D eigenvalue weighted by Gasteiger charge is 2.52. The van der Waals surface area contributed by atoms with Crippen LogP contribution in [0.25, 0.3) is 0 Å². The summed E-state index contributed by atoms with van der Waals surface area (Å²) in [5, 5.41) is 19.6. The Morgan fingerprint density at radius 1 is 1.22 bits per heavy atom. The van der Waals surface area contributed by atoms with Crippen LogP contribution >= 0.6 is 0 Å². The van der Waals surface area contributed by atoms with Crippen LogP contribution in [0.1, 0.15) is 27.2 Å². The molecule has 0 aliphatic carbocycles. The van der Waals surface area contributed by atoms with Crippen LogP contribution in [-0.4, -0.2) is 77.4 Å². The van der Waals surface area contributed by atoms with Gasteiger partial charge in [0.15, 0.2) is 6.04 Å². The number of hydrogen-bond acceptors (Lipinski definition) is 7. The summed E-state index contributed by atoms with van der Waals surface area (Å²) in [4.78, 5) is 25.8. The summed E-state index contributed by atoms with van der Waals surface area (Å²) in [6.45, 7) is 5.32. The third kappa shape index (κ3) is 3.94. The van der Waals surface area contributed by atoms with E-state index in [0.717, 1.165) is 0 Å². The van der Waals surface area contributed by atoms with Gasteiger partial charge in [-0.2, -0.15) is 0 Å². The predicted octanol–water partition coefficient (Wildman–Crippen LogP) is -0.0944. The Balaban J connectivity index is 2.23. The second-order valence-corrected chi connectivity index (χ2v) is 7.03. The van der Waals surface area contributed by atoms with E-state index in [1.807, 2.05) is 0 Å². The molecular formula is C15H25NO7. The lowest BCUT2D eigenvalue weighted by Crippen LogP contribution is -2.48. The first-order valence-corrected chi connectivity index (χ1v) is 7.69. The number of amides is 1. The van der Waals surface area contributed by atoms with Gasteiger partial charge in [-0.25, -0.2) is 9.59 Å². The molecule has 23 heavy (non-hydrogen) atoms. The maximum absolute atomic E-state index is 12.4. The number of esters is 1. The minimum absolute atomic E-state index is 0.0992. The molecule has 2 heterocycles. The number of aliphatic hydroxyl groups excluding tert-OH is 2. The smallest absolute Gasteiger partial charge is 0.411 e. The van der Waals surface area contributed by atoms with Gasteiger partial charge in [0.1, 0.15) is 11.7 Å². The average molecular weight is 331 g/mol. The summed E-state index contributed by atoms with van der Waals surface area (Å²) in [6.07, 6.45) is -2.99. The minimum atomic E-state index is -1.01. The van der Waals surface area contributed by atoms with Crippen LogP contribution in [0.5, 0.6) is 0 Å². The number of likely N-dealkylation sites (tertiary alicyclic amines) is 1. The van der Waals surface area contributed by atoms with Gasteiger partial charge in [-0.3, -0.25) is 4.90 Å². The summed E-state index contributed by atoms with van der Waals surface area (Å²) in [6, 6.07) is -0.947. The van der Waals surface area contributed by atoms with Gasteiger partial charge in [0.25, 0.3) is 0 Å². The van der Waals surface area contributed by atoms with Crippen molar-refractivity contribution in [1.29, 1.82) is 0 Å². The van der Waals surface area contributed by atoms with E-state index in [2.05, 4.69) is 0 Å². The van der Waals surface area contributed by atoms with Crippen molar-refractivity contribution in [2.75, 3.05) is 20.3 Å². The van der Waals surface area contributed by atoms with Crippen molar-refractivity contribution >= 4 is 12.1 Å². The summed E-state index contributed by atoms with van der Waals surface area (Å²) in [5.74, 6) is -0.881. The second kappa shape index (κ2) is 6.62. The number of carbonyl (C=O) groups is 2. The maximum Gasteiger partial charge on any atom is 0.411 e. The molecule has 0 bridgehead atoms. The number of hydrogen-bond donors (Lipinski definition) is 2. The van der Waals surface area contributed by atoms with Gasteiger partial charge in [0.05, 0.1) is 25.9 Å². The van der Waals surface area contributed by atoms with Crippen LogP contribution in [0.2, 0.25) is 0 Å². The van der Waals surface area contributed by atoms with E-state index in [0.29, 0.717) is 0 Å². The molecular weight excluding hydrogens is 306 g/mol. The van der Waals surface area contributed by atoms with Crippen LogP contribution in [0.3, 0.4) is 0 Å². The zero-order chi connectivity index (χ0) is 17.4. The van der Waals surface area contributed by atoms with E-state index < -0.39 is 42.0 Å². The van der Waals surface area contributed by atoms with Crippen molar-refractivity contribution in [2.24, 2.45) is 5.92 Å². The second-order valence-electron chi connectivity index (χ2n) is 7.03. The van der Waals surface area contributed by atoms with E-state index >= 15 is 0 Å². The van der Waals surface area contributed by atoms with Crippen molar-refractivity contribution in [1.82, 2.24) is 4.90 Å². The third-order valence-electron chi connectivity index (χ3n) is 4.06.